The Labute approximate surface area is 121 Å². The van der Waals surface area contributed by atoms with Crippen LogP contribution in [0.25, 0.3) is 0 Å². The molecule has 2 fully saturated rings. The van der Waals surface area contributed by atoms with Crippen LogP contribution in [0.5, 0.6) is 0 Å². The highest BCUT2D eigenvalue weighted by Crippen LogP contribution is 2.29. The van der Waals surface area contributed by atoms with Crippen LogP contribution in [0.1, 0.15) is 5.56 Å². The van der Waals surface area contributed by atoms with E-state index in [2.05, 4.69) is 0 Å². The van der Waals surface area contributed by atoms with Crippen molar-refractivity contribution < 1.29 is 23.5 Å². The third-order valence-electron chi connectivity index (χ3n) is 3.60. The molecule has 2 amide bonds. The molecule has 6 nitrogen and oxygen atoms in total. The number of hydrazine groups is 1. The molecule has 2 aliphatic rings. The fourth-order valence-electron chi connectivity index (χ4n) is 2.57. The fourth-order valence-corrected chi connectivity index (χ4v) is 2.57. The van der Waals surface area contributed by atoms with Crippen LogP contribution in [0.15, 0.2) is 24.3 Å². The van der Waals surface area contributed by atoms with E-state index in [4.69, 9.17) is 9.47 Å². The molecule has 0 radical (unpaired) electrons. The molecular formula is C14H15FN2O4. The Bertz CT molecular complexity index is 542. The van der Waals surface area contributed by atoms with Gasteiger partial charge in [0.1, 0.15) is 5.82 Å². The number of hydrogen-bond acceptors (Lipinski definition) is 4. The van der Waals surface area contributed by atoms with Crippen LogP contribution in [0, 0.1) is 5.82 Å². The maximum atomic E-state index is 12.9. The molecule has 21 heavy (non-hydrogen) atoms. The lowest BCUT2D eigenvalue weighted by molar-refractivity contribution is -0.151. The van der Waals surface area contributed by atoms with E-state index in [9.17, 15) is 14.0 Å². The molecule has 2 saturated heterocycles. The average Bonchev–Trinajstić information content (AvgIpc) is 3.09. The summed E-state index contributed by atoms with van der Waals surface area (Å²) in [5.41, 5.74) is 0.682. The van der Waals surface area contributed by atoms with Crippen molar-refractivity contribution in [2.24, 2.45) is 0 Å². The Kier molecular flexibility index (Phi) is 3.60. The Hall–Kier alpha value is -1.99. The van der Waals surface area contributed by atoms with Gasteiger partial charge in [-0.15, -0.1) is 0 Å². The molecule has 0 atom stereocenters. The molecular weight excluding hydrogens is 279 g/mol. The Morgan fingerprint density at radius 2 is 1.90 bits per heavy atom. The highest BCUT2D eigenvalue weighted by atomic mass is 19.1. The summed E-state index contributed by atoms with van der Waals surface area (Å²) in [6.45, 7) is 1.29. The summed E-state index contributed by atoms with van der Waals surface area (Å²) < 4.78 is 23.9. The van der Waals surface area contributed by atoms with Gasteiger partial charge in [-0.2, -0.15) is 0 Å². The number of hydrogen-bond donors (Lipinski definition) is 0. The molecule has 0 bridgehead atoms. The number of rotatable bonds is 3. The number of halogens is 1. The minimum absolute atomic E-state index is 0.0840. The van der Waals surface area contributed by atoms with Gasteiger partial charge in [0.2, 0.25) is 18.1 Å². The monoisotopic (exact) mass is 294 g/mol. The van der Waals surface area contributed by atoms with E-state index in [0.717, 1.165) is 0 Å². The first kappa shape index (κ1) is 14.0. The van der Waals surface area contributed by atoms with Gasteiger partial charge >= 0.3 is 0 Å². The quantitative estimate of drug-likeness (QED) is 0.754. The number of amides is 2. The molecule has 2 heterocycles. The van der Waals surface area contributed by atoms with Gasteiger partial charge in [-0.25, -0.2) is 14.4 Å². The van der Waals surface area contributed by atoms with Gasteiger partial charge in [0.05, 0.1) is 32.7 Å². The average molecular weight is 294 g/mol. The van der Waals surface area contributed by atoms with E-state index in [0.29, 0.717) is 25.2 Å². The lowest BCUT2D eigenvalue weighted by Gasteiger charge is -2.23. The summed E-state index contributed by atoms with van der Waals surface area (Å²) in [6.07, 6.45) is 0.670. The van der Waals surface area contributed by atoms with Gasteiger partial charge in [-0.3, -0.25) is 9.59 Å². The summed E-state index contributed by atoms with van der Waals surface area (Å²) in [7, 11) is 0. The zero-order valence-corrected chi connectivity index (χ0v) is 11.3. The molecule has 1 aromatic carbocycles. The molecule has 1 aromatic rings. The third-order valence-corrected chi connectivity index (χ3v) is 3.60. The standard InChI is InChI=1S/C14H15FN2O4/c15-12-3-1-11(2-4-12)7-13(19)17-9-14(8-16(17)10-18)20-5-6-21-14/h1-4,10H,5-9H2. The second-order valence-corrected chi connectivity index (χ2v) is 5.07. The normalized spacial score (nSPS) is 20.2. The SMILES string of the molecule is O=CN1CC2(CN1C(=O)Cc1ccc(F)cc1)OCCO2. The topological polar surface area (TPSA) is 59.1 Å². The van der Waals surface area contributed by atoms with Crippen molar-refractivity contribution in [1.82, 2.24) is 10.0 Å². The Morgan fingerprint density at radius 1 is 1.24 bits per heavy atom. The second-order valence-electron chi connectivity index (χ2n) is 5.07. The zero-order valence-electron chi connectivity index (χ0n) is 11.3. The smallest absolute Gasteiger partial charge is 0.245 e. The molecule has 3 rings (SSSR count). The number of benzene rings is 1. The Balaban J connectivity index is 1.71. The van der Waals surface area contributed by atoms with Gasteiger partial charge < -0.3 is 9.47 Å². The van der Waals surface area contributed by atoms with Crippen molar-refractivity contribution in [2.75, 3.05) is 26.3 Å². The molecule has 2 aliphatic heterocycles. The predicted octanol–water partition coefficient (Wildman–Crippen LogP) is 0.327. The third kappa shape index (κ3) is 2.74. The lowest BCUT2D eigenvalue weighted by atomic mass is 10.1. The van der Waals surface area contributed by atoms with Crippen molar-refractivity contribution in [2.45, 2.75) is 12.2 Å². The molecule has 112 valence electrons. The summed E-state index contributed by atoms with van der Waals surface area (Å²) in [4.78, 5) is 23.5. The predicted molar refractivity (Wildman–Crippen MR) is 69.2 cm³/mol. The summed E-state index contributed by atoms with van der Waals surface area (Å²) in [6, 6.07) is 5.70. The van der Waals surface area contributed by atoms with Gasteiger partial charge in [-0.1, -0.05) is 12.1 Å². The molecule has 0 unspecified atom stereocenters. The molecule has 0 aliphatic carbocycles. The summed E-state index contributed by atoms with van der Waals surface area (Å²) in [5, 5.41) is 2.58. The molecule has 0 N–H and O–H groups in total. The van der Waals surface area contributed by atoms with Crippen molar-refractivity contribution in [3.8, 4) is 0 Å². The number of nitrogens with zero attached hydrogens (tertiary/aromatic N) is 2. The van der Waals surface area contributed by atoms with Crippen molar-refractivity contribution in [3.05, 3.63) is 35.6 Å². The summed E-state index contributed by atoms with van der Waals surface area (Å²) >= 11 is 0. The number of carbonyl (C=O) groups excluding carboxylic acids is 2. The minimum Gasteiger partial charge on any atom is -0.344 e. The van der Waals surface area contributed by atoms with Crippen molar-refractivity contribution in [3.63, 3.8) is 0 Å². The second kappa shape index (κ2) is 5.42. The van der Waals surface area contributed by atoms with Gasteiger partial charge in [0, 0.05) is 0 Å². The van der Waals surface area contributed by atoms with Crippen LogP contribution in [0.3, 0.4) is 0 Å². The van der Waals surface area contributed by atoms with Gasteiger partial charge in [0.15, 0.2) is 0 Å². The van der Waals surface area contributed by atoms with Crippen molar-refractivity contribution in [1.29, 1.82) is 0 Å². The van der Waals surface area contributed by atoms with Crippen LogP contribution in [-0.2, 0) is 25.5 Å². The van der Waals surface area contributed by atoms with E-state index in [1.165, 1.54) is 22.2 Å². The number of ether oxygens (including phenoxy) is 2. The van der Waals surface area contributed by atoms with Gasteiger partial charge in [0.25, 0.3) is 0 Å². The highest BCUT2D eigenvalue weighted by molar-refractivity contribution is 5.80. The zero-order chi connectivity index (χ0) is 14.9. The van der Waals surface area contributed by atoms with Crippen LogP contribution in [0.4, 0.5) is 4.39 Å². The van der Waals surface area contributed by atoms with Crippen LogP contribution < -0.4 is 0 Å². The molecule has 0 saturated carbocycles. The maximum absolute atomic E-state index is 12.9. The van der Waals surface area contributed by atoms with Crippen LogP contribution >= 0.6 is 0 Å². The summed E-state index contributed by atoms with van der Waals surface area (Å²) in [5.74, 6) is -1.52. The van der Waals surface area contributed by atoms with E-state index in [1.54, 1.807) is 12.1 Å². The molecule has 7 heteroatoms. The highest BCUT2D eigenvalue weighted by Gasteiger charge is 2.49. The maximum Gasteiger partial charge on any atom is 0.245 e. The first-order chi connectivity index (χ1) is 10.1. The van der Waals surface area contributed by atoms with E-state index in [-0.39, 0.29) is 31.2 Å². The first-order valence-corrected chi connectivity index (χ1v) is 6.66. The fraction of sp³-hybridized carbons (Fsp3) is 0.429. The van der Waals surface area contributed by atoms with Crippen LogP contribution in [0.2, 0.25) is 0 Å². The molecule has 0 aromatic heterocycles. The van der Waals surface area contributed by atoms with E-state index < -0.39 is 5.79 Å². The van der Waals surface area contributed by atoms with E-state index >= 15 is 0 Å². The lowest BCUT2D eigenvalue weighted by Crippen LogP contribution is -2.41. The Morgan fingerprint density at radius 3 is 2.52 bits per heavy atom. The van der Waals surface area contributed by atoms with Crippen LogP contribution in [-0.4, -0.2) is 54.4 Å². The first-order valence-electron chi connectivity index (χ1n) is 6.66. The van der Waals surface area contributed by atoms with Gasteiger partial charge in [-0.05, 0) is 17.7 Å². The van der Waals surface area contributed by atoms with Crippen molar-refractivity contribution >= 4 is 12.3 Å². The largest absolute Gasteiger partial charge is 0.344 e. The minimum atomic E-state index is -0.903. The van der Waals surface area contributed by atoms with E-state index in [1.807, 2.05) is 0 Å². The number of carbonyl (C=O) groups is 2. The molecule has 1 spiro atoms.